The molecule has 0 aliphatic rings. The van der Waals surface area contributed by atoms with Gasteiger partial charge in [-0.15, -0.1) is 0 Å². The smallest absolute Gasteiger partial charge is 0.332 e. The Morgan fingerprint density at radius 3 is 2.73 bits per heavy atom. The molecule has 2 aromatic carbocycles. The van der Waals surface area contributed by atoms with Gasteiger partial charge in [0.15, 0.2) is 0 Å². The number of rotatable bonds is 5. The van der Waals surface area contributed by atoms with Crippen molar-refractivity contribution in [1.82, 2.24) is 5.43 Å². The van der Waals surface area contributed by atoms with Crippen LogP contribution in [0.5, 0.6) is 5.75 Å². The maximum absolute atomic E-state index is 10.6. The molecule has 0 fully saturated rings. The fourth-order valence-electron chi connectivity index (χ4n) is 1.67. The zero-order valence-corrected chi connectivity index (χ0v) is 12.9. The lowest BCUT2D eigenvalue weighted by Gasteiger charge is -2.09. The van der Waals surface area contributed by atoms with Gasteiger partial charge >= 0.3 is 6.03 Å². The summed E-state index contributed by atoms with van der Waals surface area (Å²) >= 11 is 11.8. The normalized spacial score (nSPS) is 10.6. The van der Waals surface area contributed by atoms with E-state index in [0.29, 0.717) is 28.0 Å². The number of para-hydroxylation sites is 1. The van der Waals surface area contributed by atoms with Gasteiger partial charge in [0, 0.05) is 5.56 Å². The van der Waals surface area contributed by atoms with Crippen LogP contribution in [0.2, 0.25) is 10.0 Å². The molecule has 3 N–H and O–H groups in total. The molecule has 2 aromatic rings. The number of carbonyl (C=O) groups excluding carboxylic acids is 1. The number of primary amides is 1. The number of amides is 2. The van der Waals surface area contributed by atoms with E-state index < -0.39 is 6.03 Å². The number of halogens is 2. The number of nitrogens with one attached hydrogen (secondary N) is 1. The summed E-state index contributed by atoms with van der Waals surface area (Å²) in [5.74, 6) is 0.614. The Bertz CT molecular complexity index is 705. The average molecular weight is 338 g/mol. The maximum atomic E-state index is 10.6. The second-order valence-corrected chi connectivity index (χ2v) is 5.12. The molecule has 0 aromatic heterocycles. The van der Waals surface area contributed by atoms with Gasteiger partial charge in [-0.3, -0.25) is 0 Å². The van der Waals surface area contributed by atoms with Gasteiger partial charge in [0.05, 0.1) is 16.3 Å². The van der Waals surface area contributed by atoms with Crippen molar-refractivity contribution in [2.75, 3.05) is 0 Å². The zero-order chi connectivity index (χ0) is 15.9. The molecule has 2 amide bonds. The number of nitrogens with zero attached hydrogens (tertiary/aromatic N) is 1. The van der Waals surface area contributed by atoms with E-state index in [0.717, 1.165) is 5.56 Å². The Morgan fingerprint density at radius 2 is 2.00 bits per heavy atom. The van der Waals surface area contributed by atoms with E-state index in [4.69, 9.17) is 33.7 Å². The van der Waals surface area contributed by atoms with E-state index in [1.807, 2.05) is 18.2 Å². The molecule has 2 rings (SSSR count). The Balaban J connectivity index is 2.07. The topological polar surface area (TPSA) is 76.7 Å². The molecule has 0 bridgehead atoms. The number of ether oxygens (including phenoxy) is 1. The van der Waals surface area contributed by atoms with Gasteiger partial charge in [-0.2, -0.15) is 5.10 Å². The van der Waals surface area contributed by atoms with E-state index in [-0.39, 0.29) is 0 Å². The van der Waals surface area contributed by atoms with E-state index in [2.05, 4.69) is 10.5 Å². The lowest BCUT2D eigenvalue weighted by Crippen LogP contribution is -2.24. The Labute approximate surface area is 137 Å². The van der Waals surface area contributed by atoms with Crippen molar-refractivity contribution in [2.45, 2.75) is 6.61 Å². The van der Waals surface area contributed by atoms with E-state index in [1.165, 1.54) is 6.21 Å². The fraction of sp³-hybridized carbons (Fsp3) is 0.0667. The number of hydrogen-bond acceptors (Lipinski definition) is 3. The van der Waals surface area contributed by atoms with Gasteiger partial charge < -0.3 is 10.5 Å². The SMILES string of the molecule is NC(=O)NN=Cc1ccccc1OCc1ccc(Cl)c(Cl)c1. The highest BCUT2D eigenvalue weighted by Crippen LogP contribution is 2.24. The molecule has 0 radical (unpaired) electrons. The van der Waals surface area contributed by atoms with Crippen LogP contribution < -0.4 is 15.9 Å². The Kier molecular flexibility index (Phi) is 5.63. The van der Waals surface area contributed by atoms with Gasteiger partial charge in [-0.25, -0.2) is 10.2 Å². The number of benzene rings is 2. The molecule has 0 saturated carbocycles. The largest absolute Gasteiger partial charge is 0.488 e. The summed E-state index contributed by atoms with van der Waals surface area (Å²) in [5.41, 5.74) is 8.66. The third-order valence-electron chi connectivity index (χ3n) is 2.68. The van der Waals surface area contributed by atoms with Crippen LogP contribution in [0.4, 0.5) is 4.79 Å². The zero-order valence-electron chi connectivity index (χ0n) is 11.4. The molecular weight excluding hydrogens is 325 g/mol. The molecular formula is C15H13Cl2N3O2. The molecule has 0 unspecified atom stereocenters. The van der Waals surface area contributed by atoms with Gasteiger partial charge in [-0.05, 0) is 29.8 Å². The standard InChI is InChI=1S/C15H13Cl2N3O2/c16-12-6-5-10(7-13(12)17)9-22-14-4-2-1-3-11(14)8-19-20-15(18)21/h1-8H,9H2,(H3,18,20,21). The molecule has 0 heterocycles. The number of urea groups is 1. The summed E-state index contributed by atoms with van der Waals surface area (Å²) in [6.07, 6.45) is 1.45. The molecule has 0 aliphatic carbocycles. The summed E-state index contributed by atoms with van der Waals surface area (Å²) in [4.78, 5) is 10.6. The minimum absolute atomic E-state index is 0.324. The van der Waals surface area contributed by atoms with Crippen LogP contribution in [0.15, 0.2) is 47.6 Å². The minimum Gasteiger partial charge on any atom is -0.488 e. The average Bonchev–Trinajstić information content (AvgIpc) is 2.49. The lowest BCUT2D eigenvalue weighted by atomic mass is 10.2. The molecule has 5 nitrogen and oxygen atoms in total. The van der Waals surface area contributed by atoms with Crippen molar-refractivity contribution >= 4 is 35.4 Å². The third kappa shape index (κ3) is 4.65. The van der Waals surface area contributed by atoms with E-state index >= 15 is 0 Å². The van der Waals surface area contributed by atoms with Crippen LogP contribution in [-0.2, 0) is 6.61 Å². The predicted molar refractivity (Wildman–Crippen MR) is 87.5 cm³/mol. The summed E-state index contributed by atoms with van der Waals surface area (Å²) in [6, 6.07) is 11.8. The summed E-state index contributed by atoms with van der Waals surface area (Å²) < 4.78 is 5.74. The second kappa shape index (κ2) is 7.68. The van der Waals surface area contributed by atoms with Crippen LogP contribution in [-0.4, -0.2) is 12.2 Å². The molecule has 0 aliphatic heterocycles. The molecule has 0 spiro atoms. The maximum Gasteiger partial charge on any atom is 0.332 e. The Hall–Kier alpha value is -2.24. The Morgan fingerprint density at radius 1 is 1.23 bits per heavy atom. The third-order valence-corrected chi connectivity index (χ3v) is 3.41. The van der Waals surface area contributed by atoms with Crippen molar-refractivity contribution in [3.05, 3.63) is 63.6 Å². The first-order valence-electron chi connectivity index (χ1n) is 6.30. The van der Waals surface area contributed by atoms with Crippen LogP contribution >= 0.6 is 23.2 Å². The quantitative estimate of drug-likeness (QED) is 0.646. The van der Waals surface area contributed by atoms with Crippen LogP contribution in [0.25, 0.3) is 0 Å². The predicted octanol–water partition coefficient (Wildman–Crippen LogP) is 3.57. The first-order valence-corrected chi connectivity index (χ1v) is 7.06. The highest BCUT2D eigenvalue weighted by molar-refractivity contribution is 6.42. The molecule has 0 saturated heterocycles. The van der Waals surface area contributed by atoms with Gasteiger partial charge in [0.1, 0.15) is 12.4 Å². The second-order valence-electron chi connectivity index (χ2n) is 4.31. The summed E-state index contributed by atoms with van der Waals surface area (Å²) in [6.45, 7) is 0.324. The number of hydrazone groups is 1. The highest BCUT2D eigenvalue weighted by atomic mass is 35.5. The van der Waals surface area contributed by atoms with Gasteiger partial charge in [-0.1, -0.05) is 41.4 Å². The molecule has 114 valence electrons. The van der Waals surface area contributed by atoms with Gasteiger partial charge in [0.2, 0.25) is 0 Å². The summed E-state index contributed by atoms with van der Waals surface area (Å²) in [7, 11) is 0. The number of nitrogens with two attached hydrogens (primary N) is 1. The first-order chi connectivity index (χ1) is 10.6. The minimum atomic E-state index is -0.731. The highest BCUT2D eigenvalue weighted by Gasteiger charge is 2.03. The number of carbonyl (C=O) groups is 1. The molecule has 0 atom stereocenters. The van der Waals surface area contributed by atoms with Crippen molar-refractivity contribution in [3.63, 3.8) is 0 Å². The van der Waals surface area contributed by atoms with Crippen molar-refractivity contribution in [3.8, 4) is 5.75 Å². The van der Waals surface area contributed by atoms with Crippen molar-refractivity contribution < 1.29 is 9.53 Å². The molecule has 7 heteroatoms. The van der Waals surface area contributed by atoms with Crippen LogP contribution in [0, 0.1) is 0 Å². The fourth-order valence-corrected chi connectivity index (χ4v) is 2.00. The van der Waals surface area contributed by atoms with E-state index in [9.17, 15) is 4.79 Å². The lowest BCUT2D eigenvalue weighted by molar-refractivity contribution is 0.249. The van der Waals surface area contributed by atoms with Crippen LogP contribution in [0.1, 0.15) is 11.1 Å². The van der Waals surface area contributed by atoms with Crippen LogP contribution in [0.3, 0.4) is 0 Å². The van der Waals surface area contributed by atoms with E-state index in [1.54, 1.807) is 24.3 Å². The van der Waals surface area contributed by atoms with Crippen molar-refractivity contribution in [2.24, 2.45) is 10.8 Å². The van der Waals surface area contributed by atoms with Crippen molar-refractivity contribution in [1.29, 1.82) is 0 Å². The molecule has 22 heavy (non-hydrogen) atoms. The summed E-state index contributed by atoms with van der Waals surface area (Å²) in [5, 5.41) is 4.69. The van der Waals surface area contributed by atoms with Gasteiger partial charge in [0.25, 0.3) is 0 Å². The first kappa shape index (κ1) is 16.1. The number of hydrogen-bond donors (Lipinski definition) is 2. The monoisotopic (exact) mass is 337 g/mol.